The summed E-state index contributed by atoms with van der Waals surface area (Å²) in [7, 11) is 0. The van der Waals surface area contributed by atoms with Gasteiger partial charge in [-0.15, -0.1) is 0 Å². The van der Waals surface area contributed by atoms with Crippen molar-refractivity contribution in [3.63, 3.8) is 0 Å². The van der Waals surface area contributed by atoms with Crippen LogP contribution in [0.2, 0.25) is 0 Å². The molecule has 13 heavy (non-hydrogen) atoms. The molecule has 0 aliphatic rings. The number of aromatic nitrogens is 1. The first-order chi connectivity index (χ1) is 5.96. The van der Waals surface area contributed by atoms with Crippen molar-refractivity contribution in [2.45, 2.75) is 12.5 Å². The third-order valence-corrected chi connectivity index (χ3v) is 1.69. The first-order valence-electron chi connectivity index (χ1n) is 3.59. The molecular formula is C8H9FN2O2. The van der Waals surface area contributed by atoms with E-state index in [4.69, 9.17) is 10.8 Å². The van der Waals surface area contributed by atoms with Gasteiger partial charge in [-0.3, -0.25) is 4.98 Å². The SMILES string of the molecule is CC(N)(C(=O)O)c1ncccc1F. The number of halogens is 1. The van der Waals surface area contributed by atoms with Crippen LogP contribution >= 0.6 is 0 Å². The summed E-state index contributed by atoms with van der Waals surface area (Å²) in [5, 5.41) is 8.69. The van der Waals surface area contributed by atoms with Gasteiger partial charge in [0, 0.05) is 6.20 Å². The summed E-state index contributed by atoms with van der Waals surface area (Å²) in [6.07, 6.45) is 1.30. The van der Waals surface area contributed by atoms with E-state index in [0.29, 0.717) is 0 Å². The van der Waals surface area contributed by atoms with Crippen molar-refractivity contribution in [2.24, 2.45) is 5.73 Å². The number of carbonyl (C=O) groups is 1. The van der Waals surface area contributed by atoms with Crippen molar-refractivity contribution < 1.29 is 14.3 Å². The summed E-state index contributed by atoms with van der Waals surface area (Å²) < 4.78 is 13.0. The molecule has 5 heteroatoms. The average molecular weight is 184 g/mol. The van der Waals surface area contributed by atoms with Crippen molar-refractivity contribution in [1.82, 2.24) is 4.98 Å². The second-order valence-electron chi connectivity index (χ2n) is 2.84. The number of carboxylic acid groups (broad SMARTS) is 1. The Morgan fingerprint density at radius 1 is 1.77 bits per heavy atom. The predicted molar refractivity (Wildman–Crippen MR) is 43.4 cm³/mol. The Bertz CT molecular complexity index is 339. The number of aliphatic carboxylic acids is 1. The minimum atomic E-state index is -1.79. The van der Waals surface area contributed by atoms with E-state index >= 15 is 0 Å². The lowest BCUT2D eigenvalue weighted by Crippen LogP contribution is -2.43. The normalized spacial score (nSPS) is 15.0. The number of hydrogen-bond acceptors (Lipinski definition) is 3. The Morgan fingerprint density at radius 2 is 2.38 bits per heavy atom. The van der Waals surface area contributed by atoms with Crippen LogP contribution in [0.5, 0.6) is 0 Å². The van der Waals surface area contributed by atoms with Crippen molar-refractivity contribution in [3.05, 3.63) is 29.8 Å². The Balaban J connectivity index is 3.22. The number of carboxylic acids is 1. The molecule has 1 rings (SSSR count). The van der Waals surface area contributed by atoms with Gasteiger partial charge in [-0.25, -0.2) is 9.18 Å². The van der Waals surface area contributed by atoms with E-state index in [1.165, 1.54) is 19.2 Å². The monoisotopic (exact) mass is 184 g/mol. The molecule has 0 saturated heterocycles. The van der Waals surface area contributed by atoms with E-state index in [1.807, 2.05) is 0 Å². The molecule has 1 aromatic rings. The largest absolute Gasteiger partial charge is 0.480 e. The fraction of sp³-hybridized carbons (Fsp3) is 0.250. The maximum atomic E-state index is 13.0. The van der Waals surface area contributed by atoms with E-state index < -0.39 is 17.3 Å². The summed E-state index contributed by atoms with van der Waals surface area (Å²) >= 11 is 0. The molecule has 0 aliphatic heterocycles. The molecule has 0 aromatic carbocycles. The summed E-state index contributed by atoms with van der Waals surface area (Å²) in [5.41, 5.74) is 3.33. The molecule has 1 aromatic heterocycles. The molecule has 0 aliphatic carbocycles. The Kier molecular flexibility index (Phi) is 2.29. The highest BCUT2D eigenvalue weighted by Gasteiger charge is 2.34. The van der Waals surface area contributed by atoms with E-state index in [0.717, 1.165) is 6.07 Å². The molecule has 4 nitrogen and oxygen atoms in total. The van der Waals surface area contributed by atoms with Crippen LogP contribution in [-0.4, -0.2) is 16.1 Å². The van der Waals surface area contributed by atoms with E-state index in [2.05, 4.69) is 4.98 Å². The minimum Gasteiger partial charge on any atom is -0.480 e. The van der Waals surface area contributed by atoms with Crippen molar-refractivity contribution in [1.29, 1.82) is 0 Å². The standard InChI is InChI=1S/C8H9FN2O2/c1-8(10,7(12)13)6-5(9)3-2-4-11-6/h2-4H,10H2,1H3,(H,12,13). The topological polar surface area (TPSA) is 76.2 Å². The lowest BCUT2D eigenvalue weighted by Gasteiger charge is -2.18. The van der Waals surface area contributed by atoms with Crippen molar-refractivity contribution >= 4 is 5.97 Å². The third-order valence-electron chi connectivity index (χ3n) is 1.69. The Labute approximate surface area is 74.2 Å². The minimum absolute atomic E-state index is 0.262. The third kappa shape index (κ3) is 1.65. The van der Waals surface area contributed by atoms with Crippen molar-refractivity contribution in [3.8, 4) is 0 Å². The van der Waals surface area contributed by atoms with E-state index in [9.17, 15) is 9.18 Å². The van der Waals surface area contributed by atoms with Crippen LogP contribution in [-0.2, 0) is 10.3 Å². The molecule has 0 radical (unpaired) electrons. The van der Waals surface area contributed by atoms with Gasteiger partial charge in [0.05, 0.1) is 0 Å². The van der Waals surface area contributed by atoms with Crippen LogP contribution in [0, 0.1) is 5.82 Å². The molecule has 1 atom stereocenters. The molecular weight excluding hydrogens is 175 g/mol. The van der Waals surface area contributed by atoms with Gasteiger partial charge in [-0.05, 0) is 19.1 Å². The van der Waals surface area contributed by atoms with Gasteiger partial charge in [-0.2, -0.15) is 0 Å². The van der Waals surface area contributed by atoms with Crippen LogP contribution in [0.1, 0.15) is 12.6 Å². The lowest BCUT2D eigenvalue weighted by atomic mass is 9.98. The number of nitrogens with two attached hydrogens (primary N) is 1. The second kappa shape index (κ2) is 3.10. The zero-order valence-electron chi connectivity index (χ0n) is 6.99. The van der Waals surface area contributed by atoms with Gasteiger partial charge in [0.1, 0.15) is 11.5 Å². The van der Waals surface area contributed by atoms with Gasteiger partial charge < -0.3 is 10.8 Å². The highest BCUT2D eigenvalue weighted by Crippen LogP contribution is 2.17. The van der Waals surface area contributed by atoms with Crippen LogP contribution in [0.25, 0.3) is 0 Å². The smallest absolute Gasteiger partial charge is 0.329 e. The van der Waals surface area contributed by atoms with Crippen molar-refractivity contribution in [2.75, 3.05) is 0 Å². The number of hydrogen-bond donors (Lipinski definition) is 2. The average Bonchev–Trinajstić information content (AvgIpc) is 2.04. The first kappa shape index (κ1) is 9.60. The number of pyridine rings is 1. The second-order valence-corrected chi connectivity index (χ2v) is 2.84. The highest BCUT2D eigenvalue weighted by molar-refractivity contribution is 5.79. The highest BCUT2D eigenvalue weighted by atomic mass is 19.1. The van der Waals surface area contributed by atoms with Crippen LogP contribution < -0.4 is 5.73 Å². The fourth-order valence-electron chi connectivity index (χ4n) is 0.869. The molecule has 0 amide bonds. The van der Waals surface area contributed by atoms with Crippen LogP contribution in [0.15, 0.2) is 18.3 Å². The molecule has 1 unspecified atom stereocenters. The predicted octanol–water partition coefficient (Wildman–Crippen LogP) is 0.479. The van der Waals surface area contributed by atoms with E-state index in [-0.39, 0.29) is 5.69 Å². The number of rotatable bonds is 2. The summed E-state index contributed by atoms with van der Waals surface area (Å²) in [6, 6.07) is 2.49. The molecule has 0 fully saturated rings. The van der Waals surface area contributed by atoms with Gasteiger partial charge in [0.25, 0.3) is 0 Å². The maximum absolute atomic E-state index is 13.0. The molecule has 3 N–H and O–H groups in total. The van der Waals surface area contributed by atoms with E-state index in [1.54, 1.807) is 0 Å². The zero-order valence-corrected chi connectivity index (χ0v) is 6.99. The number of nitrogens with zero attached hydrogens (tertiary/aromatic N) is 1. The summed E-state index contributed by atoms with van der Waals surface area (Å²) in [5.74, 6) is -2.03. The lowest BCUT2D eigenvalue weighted by molar-refractivity contribution is -0.143. The van der Waals surface area contributed by atoms with Gasteiger partial charge in [0.2, 0.25) is 0 Å². The van der Waals surface area contributed by atoms with Crippen LogP contribution in [0.3, 0.4) is 0 Å². The molecule has 0 saturated carbocycles. The summed E-state index contributed by atoms with van der Waals surface area (Å²) in [4.78, 5) is 14.2. The summed E-state index contributed by atoms with van der Waals surface area (Å²) in [6.45, 7) is 1.20. The zero-order chi connectivity index (χ0) is 10.1. The molecule has 1 heterocycles. The molecule has 0 spiro atoms. The maximum Gasteiger partial charge on any atom is 0.329 e. The Hall–Kier alpha value is -1.49. The first-order valence-corrected chi connectivity index (χ1v) is 3.59. The van der Waals surface area contributed by atoms with Gasteiger partial charge in [0.15, 0.2) is 5.54 Å². The quantitative estimate of drug-likeness (QED) is 0.700. The van der Waals surface area contributed by atoms with Crippen LogP contribution in [0.4, 0.5) is 4.39 Å². The Morgan fingerprint density at radius 3 is 2.85 bits per heavy atom. The van der Waals surface area contributed by atoms with Gasteiger partial charge >= 0.3 is 5.97 Å². The fourth-order valence-corrected chi connectivity index (χ4v) is 0.869. The molecule has 0 bridgehead atoms. The molecule has 70 valence electrons. The van der Waals surface area contributed by atoms with Gasteiger partial charge in [-0.1, -0.05) is 0 Å².